The van der Waals surface area contributed by atoms with Gasteiger partial charge in [-0.15, -0.1) is 0 Å². The maximum atomic E-state index is 12.4. The van der Waals surface area contributed by atoms with Gasteiger partial charge in [0.2, 0.25) is 0 Å². The Balaban J connectivity index is 5.80. The van der Waals surface area contributed by atoms with Crippen LogP contribution in [0.25, 0.3) is 0 Å². The Labute approximate surface area is 91.2 Å². The Morgan fingerprint density at radius 3 is 1.17 bits per heavy atom. The Morgan fingerprint density at radius 2 is 0.944 bits per heavy atom. The minimum atomic E-state index is -7.40. The molecule has 0 saturated carbocycles. The molecule has 0 fully saturated rings. The van der Waals surface area contributed by atoms with Gasteiger partial charge >= 0.3 is 29.8 Å². The maximum absolute atomic E-state index is 12.4. The van der Waals surface area contributed by atoms with Crippen LogP contribution in [-0.2, 0) is 0 Å². The predicted molar refractivity (Wildman–Crippen MR) is 32.9 cm³/mol. The highest BCUT2D eigenvalue weighted by Gasteiger charge is 2.86. The highest BCUT2D eigenvalue weighted by molar-refractivity contribution is 5.05. The molecule has 1 unspecified atom stereocenters. The fourth-order valence-electron chi connectivity index (χ4n) is 0.700. The maximum Gasteiger partial charge on any atom is 0.460 e. The van der Waals surface area contributed by atoms with Gasteiger partial charge in [-0.3, -0.25) is 0 Å². The number of aliphatic hydroxyl groups is 1. The van der Waals surface area contributed by atoms with Crippen LogP contribution in [0.15, 0.2) is 0 Å². The Morgan fingerprint density at radius 1 is 0.611 bits per heavy atom. The second kappa shape index (κ2) is 4.10. The SMILES string of the molecule is OC(F)(CF)C(F)(F)C(F)(F)C(F)(F)C(F)(F)F. The average molecular weight is 300 g/mol. The molecular weight excluding hydrogens is 297 g/mol. The largest absolute Gasteiger partial charge is 0.460 e. The van der Waals surface area contributed by atoms with Gasteiger partial charge in [-0.05, 0) is 0 Å². The third-order valence-corrected chi connectivity index (χ3v) is 1.80. The van der Waals surface area contributed by atoms with E-state index in [0.717, 1.165) is 0 Å². The van der Waals surface area contributed by atoms with Crippen molar-refractivity contribution in [1.29, 1.82) is 0 Å². The Bertz CT molecular complexity index is 303. The van der Waals surface area contributed by atoms with Gasteiger partial charge in [0.25, 0.3) is 0 Å². The van der Waals surface area contributed by atoms with E-state index in [1.54, 1.807) is 0 Å². The van der Waals surface area contributed by atoms with Crippen molar-refractivity contribution in [2.24, 2.45) is 0 Å². The number of hydrogen-bond donors (Lipinski definition) is 1. The van der Waals surface area contributed by atoms with E-state index in [-0.39, 0.29) is 0 Å². The average Bonchev–Trinajstić information content (AvgIpc) is 2.15. The molecule has 0 saturated heterocycles. The van der Waals surface area contributed by atoms with Crippen LogP contribution in [0, 0.1) is 0 Å². The van der Waals surface area contributed by atoms with Gasteiger partial charge in [-0.1, -0.05) is 0 Å². The lowest BCUT2D eigenvalue weighted by molar-refractivity contribution is -0.430. The molecule has 12 heteroatoms. The first-order valence-corrected chi connectivity index (χ1v) is 3.73. The van der Waals surface area contributed by atoms with E-state index in [1.807, 2.05) is 0 Å². The first kappa shape index (κ1) is 17.2. The summed E-state index contributed by atoms with van der Waals surface area (Å²) in [7, 11) is 0. The molecule has 0 bridgehead atoms. The third-order valence-electron chi connectivity index (χ3n) is 1.80. The molecular formula is C6H3F11O. The lowest BCUT2D eigenvalue weighted by Crippen LogP contribution is -2.68. The zero-order chi connectivity index (χ0) is 15.2. The van der Waals surface area contributed by atoms with Gasteiger partial charge < -0.3 is 5.11 Å². The first-order valence-electron chi connectivity index (χ1n) is 3.73. The quantitative estimate of drug-likeness (QED) is 0.791. The summed E-state index contributed by atoms with van der Waals surface area (Å²) in [6.07, 6.45) is -7.16. The van der Waals surface area contributed by atoms with E-state index in [9.17, 15) is 48.3 Å². The van der Waals surface area contributed by atoms with Gasteiger partial charge in [-0.2, -0.15) is 39.5 Å². The van der Waals surface area contributed by atoms with Crippen molar-refractivity contribution in [3.8, 4) is 0 Å². The molecule has 0 aliphatic carbocycles. The summed E-state index contributed by atoms with van der Waals surface area (Å²) in [6, 6.07) is 0. The Kier molecular flexibility index (Phi) is 3.91. The highest BCUT2D eigenvalue weighted by Crippen LogP contribution is 2.56. The molecule has 0 rings (SSSR count). The topological polar surface area (TPSA) is 20.2 Å². The fourth-order valence-corrected chi connectivity index (χ4v) is 0.700. The van der Waals surface area contributed by atoms with Crippen LogP contribution in [0.3, 0.4) is 0 Å². The van der Waals surface area contributed by atoms with Gasteiger partial charge in [0.15, 0.2) is 6.67 Å². The summed E-state index contributed by atoms with van der Waals surface area (Å²) >= 11 is 0. The van der Waals surface area contributed by atoms with Crippen molar-refractivity contribution >= 4 is 0 Å². The third kappa shape index (κ3) is 2.10. The van der Waals surface area contributed by atoms with Gasteiger partial charge in [-0.25, -0.2) is 8.78 Å². The number of hydrogen-bond acceptors (Lipinski definition) is 1. The molecule has 0 aromatic rings. The zero-order valence-corrected chi connectivity index (χ0v) is 7.81. The molecule has 1 N–H and O–H groups in total. The number of alkyl halides is 11. The van der Waals surface area contributed by atoms with Crippen molar-refractivity contribution in [3.63, 3.8) is 0 Å². The smallest absolute Gasteiger partial charge is 0.355 e. The van der Waals surface area contributed by atoms with Crippen molar-refractivity contribution in [3.05, 3.63) is 0 Å². The predicted octanol–water partition coefficient (Wildman–Crippen LogP) is 3.08. The van der Waals surface area contributed by atoms with Gasteiger partial charge in [0.05, 0.1) is 0 Å². The lowest BCUT2D eigenvalue weighted by Gasteiger charge is -2.37. The normalized spacial score (nSPS) is 18.7. The van der Waals surface area contributed by atoms with Crippen LogP contribution in [0.4, 0.5) is 48.3 Å². The molecule has 18 heavy (non-hydrogen) atoms. The summed E-state index contributed by atoms with van der Waals surface area (Å²) in [5.74, 6) is -27.7. The second-order valence-electron chi connectivity index (χ2n) is 3.11. The molecule has 1 nitrogen and oxygen atoms in total. The summed E-state index contributed by atoms with van der Waals surface area (Å²) in [5, 5.41) is 7.84. The van der Waals surface area contributed by atoms with E-state index in [0.29, 0.717) is 0 Å². The van der Waals surface area contributed by atoms with Crippen LogP contribution in [0.1, 0.15) is 0 Å². The minimum Gasteiger partial charge on any atom is -0.355 e. The van der Waals surface area contributed by atoms with E-state index in [4.69, 9.17) is 5.11 Å². The molecule has 0 heterocycles. The first-order chi connectivity index (χ1) is 7.56. The Hall–Kier alpha value is -0.810. The van der Waals surface area contributed by atoms with Crippen molar-refractivity contribution in [1.82, 2.24) is 0 Å². The van der Waals surface area contributed by atoms with Crippen LogP contribution >= 0.6 is 0 Å². The lowest BCUT2D eigenvalue weighted by atomic mass is 9.98. The summed E-state index contributed by atoms with van der Waals surface area (Å²) in [4.78, 5) is 0. The summed E-state index contributed by atoms with van der Waals surface area (Å²) < 4.78 is 132. The number of rotatable bonds is 4. The summed E-state index contributed by atoms with van der Waals surface area (Å²) in [6.45, 7) is -3.32. The molecule has 0 radical (unpaired) electrons. The van der Waals surface area contributed by atoms with Gasteiger partial charge in [0.1, 0.15) is 0 Å². The van der Waals surface area contributed by atoms with Crippen LogP contribution in [-0.4, -0.2) is 41.6 Å². The molecule has 0 aromatic heterocycles. The van der Waals surface area contributed by atoms with Crippen molar-refractivity contribution in [2.75, 3.05) is 6.67 Å². The standard InChI is InChI=1S/C6H3F11O/c7-1-2(8,18)3(9,10)4(11,12)5(13,14)6(15,16)17/h18H,1H2. The molecule has 0 aliphatic heterocycles. The van der Waals surface area contributed by atoms with Crippen molar-refractivity contribution < 1.29 is 53.4 Å². The molecule has 0 aromatic carbocycles. The molecule has 1 atom stereocenters. The van der Waals surface area contributed by atoms with Crippen LogP contribution < -0.4 is 0 Å². The molecule has 0 amide bonds. The van der Waals surface area contributed by atoms with Gasteiger partial charge in [0, 0.05) is 0 Å². The minimum absolute atomic E-state index is 3.32. The monoisotopic (exact) mass is 300 g/mol. The van der Waals surface area contributed by atoms with E-state index in [2.05, 4.69) is 0 Å². The second-order valence-corrected chi connectivity index (χ2v) is 3.11. The van der Waals surface area contributed by atoms with Crippen molar-refractivity contribution in [2.45, 2.75) is 29.8 Å². The van der Waals surface area contributed by atoms with E-state index < -0.39 is 36.5 Å². The van der Waals surface area contributed by atoms with Crippen LogP contribution in [0.2, 0.25) is 0 Å². The number of halogens is 11. The highest BCUT2D eigenvalue weighted by atomic mass is 19.4. The molecule has 0 spiro atoms. The van der Waals surface area contributed by atoms with Crippen LogP contribution in [0.5, 0.6) is 0 Å². The summed E-state index contributed by atoms with van der Waals surface area (Å²) in [5.41, 5.74) is 0. The fraction of sp³-hybridized carbons (Fsp3) is 1.00. The van der Waals surface area contributed by atoms with E-state index in [1.165, 1.54) is 0 Å². The molecule has 0 aliphatic rings. The zero-order valence-electron chi connectivity index (χ0n) is 7.81. The van der Waals surface area contributed by atoms with E-state index >= 15 is 0 Å². The molecule has 110 valence electrons.